The summed E-state index contributed by atoms with van der Waals surface area (Å²) < 4.78 is 11.5. The molecule has 0 unspecified atom stereocenters. The molecule has 1 aliphatic heterocycles. The number of rotatable bonds is 7. The number of hydrogen-bond donors (Lipinski definition) is 1. The summed E-state index contributed by atoms with van der Waals surface area (Å²) in [6, 6.07) is 18.5. The van der Waals surface area contributed by atoms with Gasteiger partial charge in [0.05, 0.1) is 17.7 Å². The minimum atomic E-state index is -0.259. The van der Waals surface area contributed by atoms with E-state index in [4.69, 9.17) is 21.7 Å². The summed E-state index contributed by atoms with van der Waals surface area (Å²) in [7, 11) is 1.59. The molecule has 1 aliphatic rings. The van der Waals surface area contributed by atoms with Crippen molar-refractivity contribution in [3.63, 3.8) is 0 Å². The molecule has 1 fully saturated rings. The molecule has 1 N–H and O–H groups in total. The van der Waals surface area contributed by atoms with Crippen molar-refractivity contribution in [1.82, 2.24) is 0 Å². The first-order chi connectivity index (χ1) is 17.3. The third-order valence-electron chi connectivity index (χ3n) is 5.63. The number of amides is 2. The minimum Gasteiger partial charge on any atom is -0.497 e. The van der Waals surface area contributed by atoms with Crippen molar-refractivity contribution in [1.29, 1.82) is 0 Å². The number of benzene rings is 3. The van der Waals surface area contributed by atoms with Gasteiger partial charge in [-0.2, -0.15) is 0 Å². The number of para-hydroxylation sites is 1. The second-order valence-electron chi connectivity index (χ2n) is 8.36. The summed E-state index contributed by atoms with van der Waals surface area (Å²) in [5.41, 5.74) is 5.29. The molecule has 0 bridgehead atoms. The van der Waals surface area contributed by atoms with Crippen LogP contribution in [0.1, 0.15) is 22.3 Å². The van der Waals surface area contributed by atoms with Crippen LogP contribution in [-0.4, -0.2) is 29.9 Å². The molecule has 0 atom stereocenters. The lowest BCUT2D eigenvalue weighted by atomic mass is 10.1. The number of nitrogens with zero attached hydrogens (tertiary/aromatic N) is 1. The Morgan fingerprint density at radius 2 is 1.72 bits per heavy atom. The van der Waals surface area contributed by atoms with E-state index in [0.29, 0.717) is 32.0 Å². The third-order valence-corrected chi connectivity index (χ3v) is 6.93. The monoisotopic (exact) mass is 518 g/mol. The molecule has 4 rings (SSSR count). The van der Waals surface area contributed by atoms with Crippen molar-refractivity contribution in [2.24, 2.45) is 0 Å². The number of anilines is 2. The van der Waals surface area contributed by atoms with Gasteiger partial charge >= 0.3 is 0 Å². The van der Waals surface area contributed by atoms with Crippen LogP contribution < -0.4 is 19.7 Å². The second kappa shape index (κ2) is 11.0. The molecule has 3 aromatic carbocycles. The van der Waals surface area contributed by atoms with Gasteiger partial charge in [0.25, 0.3) is 11.8 Å². The van der Waals surface area contributed by atoms with Crippen LogP contribution in [0.5, 0.6) is 11.5 Å². The van der Waals surface area contributed by atoms with Crippen LogP contribution in [-0.2, 0) is 9.59 Å². The molecule has 1 saturated heterocycles. The van der Waals surface area contributed by atoms with Crippen molar-refractivity contribution < 1.29 is 19.1 Å². The molecule has 0 spiro atoms. The molecular formula is C28H26N2O4S2. The summed E-state index contributed by atoms with van der Waals surface area (Å²) in [5.74, 6) is 0.723. The zero-order valence-electron chi connectivity index (χ0n) is 20.5. The number of methoxy groups -OCH3 is 1. The minimum absolute atomic E-state index is 0.162. The second-order valence-corrected chi connectivity index (χ2v) is 10.0. The highest BCUT2D eigenvalue weighted by molar-refractivity contribution is 8.27. The average Bonchev–Trinajstić information content (AvgIpc) is 3.13. The van der Waals surface area contributed by atoms with E-state index in [9.17, 15) is 9.59 Å². The molecule has 0 aromatic heterocycles. The lowest BCUT2D eigenvalue weighted by Crippen LogP contribution is -2.27. The number of ether oxygens (including phenoxy) is 2. The molecule has 0 radical (unpaired) electrons. The van der Waals surface area contributed by atoms with E-state index in [-0.39, 0.29) is 18.4 Å². The first kappa shape index (κ1) is 25.5. The van der Waals surface area contributed by atoms with Gasteiger partial charge in [0.15, 0.2) is 10.9 Å². The van der Waals surface area contributed by atoms with Crippen LogP contribution in [0.4, 0.5) is 11.4 Å². The zero-order chi connectivity index (χ0) is 25.8. The molecule has 184 valence electrons. The van der Waals surface area contributed by atoms with E-state index in [2.05, 4.69) is 5.32 Å². The van der Waals surface area contributed by atoms with Crippen molar-refractivity contribution >= 4 is 57.6 Å². The van der Waals surface area contributed by atoms with Crippen LogP contribution in [0.3, 0.4) is 0 Å². The fraction of sp³-hybridized carbons (Fsp3) is 0.179. The average molecular weight is 519 g/mol. The Balaban J connectivity index is 1.48. The first-order valence-electron chi connectivity index (χ1n) is 11.3. The molecule has 3 aromatic rings. The van der Waals surface area contributed by atoms with Gasteiger partial charge in [0.2, 0.25) is 0 Å². The van der Waals surface area contributed by atoms with Crippen molar-refractivity contribution in [2.45, 2.75) is 20.8 Å². The fourth-order valence-corrected chi connectivity index (χ4v) is 5.28. The molecule has 2 amide bonds. The van der Waals surface area contributed by atoms with Gasteiger partial charge in [-0.1, -0.05) is 59.9 Å². The lowest BCUT2D eigenvalue weighted by molar-refractivity contribution is -0.118. The number of carbonyl (C=O) groups is 2. The van der Waals surface area contributed by atoms with Crippen LogP contribution in [0.2, 0.25) is 0 Å². The molecule has 6 nitrogen and oxygen atoms in total. The molecule has 0 saturated carbocycles. The maximum Gasteiger partial charge on any atom is 0.270 e. The number of nitrogens with one attached hydrogen (secondary N) is 1. The molecule has 8 heteroatoms. The maximum atomic E-state index is 13.2. The Morgan fingerprint density at radius 3 is 2.39 bits per heavy atom. The quantitative estimate of drug-likeness (QED) is 0.304. The van der Waals surface area contributed by atoms with Gasteiger partial charge < -0.3 is 14.8 Å². The molecule has 1 heterocycles. The largest absolute Gasteiger partial charge is 0.497 e. The van der Waals surface area contributed by atoms with Crippen molar-refractivity contribution in [3.8, 4) is 11.5 Å². The van der Waals surface area contributed by atoms with Crippen LogP contribution in [0.25, 0.3) is 6.08 Å². The zero-order valence-corrected chi connectivity index (χ0v) is 22.1. The highest BCUT2D eigenvalue weighted by Gasteiger charge is 2.33. The Morgan fingerprint density at radius 1 is 1.06 bits per heavy atom. The number of aryl methyl sites for hydroxylation is 3. The Labute approximate surface area is 220 Å². The summed E-state index contributed by atoms with van der Waals surface area (Å²) in [6.45, 7) is 5.79. The Hall–Kier alpha value is -3.62. The van der Waals surface area contributed by atoms with Crippen molar-refractivity contribution in [2.75, 3.05) is 23.9 Å². The van der Waals surface area contributed by atoms with Gasteiger partial charge in [-0.25, -0.2) is 0 Å². The summed E-state index contributed by atoms with van der Waals surface area (Å²) >= 11 is 6.70. The van der Waals surface area contributed by atoms with Gasteiger partial charge in [-0.15, -0.1) is 0 Å². The lowest BCUT2D eigenvalue weighted by Gasteiger charge is -2.15. The van der Waals surface area contributed by atoms with Gasteiger partial charge in [0, 0.05) is 11.3 Å². The third kappa shape index (κ3) is 5.61. The SMILES string of the molecule is COc1ccc(N2C(=O)/C(=C/c3ccccc3OCC(=O)Nc3c(C)cc(C)cc3C)SC2=S)cc1. The number of hydrogen-bond acceptors (Lipinski definition) is 6. The predicted molar refractivity (Wildman–Crippen MR) is 150 cm³/mol. The maximum absolute atomic E-state index is 13.2. The van der Waals surface area contributed by atoms with E-state index in [1.54, 1.807) is 43.5 Å². The summed E-state index contributed by atoms with van der Waals surface area (Å²) in [4.78, 5) is 27.8. The van der Waals surface area contributed by atoms with E-state index in [0.717, 1.165) is 22.4 Å². The van der Waals surface area contributed by atoms with E-state index in [1.807, 2.05) is 51.1 Å². The number of thioether (sulfide) groups is 1. The fourth-order valence-electron chi connectivity index (χ4n) is 3.99. The molecule has 36 heavy (non-hydrogen) atoms. The Kier molecular flexibility index (Phi) is 7.76. The van der Waals surface area contributed by atoms with Gasteiger partial charge in [0.1, 0.15) is 11.5 Å². The highest BCUT2D eigenvalue weighted by Crippen LogP contribution is 2.37. The first-order valence-corrected chi connectivity index (χ1v) is 12.5. The summed E-state index contributed by atoms with van der Waals surface area (Å²) in [6.07, 6.45) is 1.74. The molecule has 0 aliphatic carbocycles. The van der Waals surface area contributed by atoms with E-state index >= 15 is 0 Å². The van der Waals surface area contributed by atoms with Crippen LogP contribution in [0.15, 0.2) is 65.6 Å². The smallest absolute Gasteiger partial charge is 0.270 e. The molecular weight excluding hydrogens is 492 g/mol. The van der Waals surface area contributed by atoms with Crippen LogP contribution >= 0.6 is 24.0 Å². The Bertz CT molecular complexity index is 1340. The van der Waals surface area contributed by atoms with E-state index < -0.39 is 0 Å². The van der Waals surface area contributed by atoms with Crippen molar-refractivity contribution in [3.05, 3.63) is 87.8 Å². The number of thiocarbonyl (C=S) groups is 1. The number of carbonyl (C=O) groups excluding carboxylic acids is 2. The standard InChI is InChI=1S/C28H26N2O4S2/c1-17-13-18(2)26(19(3)14-17)29-25(31)16-34-23-8-6-5-7-20(23)15-24-27(32)30(28(35)36-24)21-9-11-22(33-4)12-10-21/h5-15H,16H2,1-4H3,(H,29,31)/b24-15-. The predicted octanol–water partition coefficient (Wildman–Crippen LogP) is 6.04. The topological polar surface area (TPSA) is 67.9 Å². The van der Waals surface area contributed by atoms with Gasteiger partial charge in [-0.05, 0) is 68.3 Å². The normalized spacial score (nSPS) is 14.3. The van der Waals surface area contributed by atoms with Crippen LogP contribution in [0, 0.1) is 20.8 Å². The van der Waals surface area contributed by atoms with Gasteiger partial charge in [-0.3, -0.25) is 14.5 Å². The van der Waals surface area contributed by atoms with E-state index in [1.165, 1.54) is 16.7 Å². The highest BCUT2D eigenvalue weighted by atomic mass is 32.2. The summed E-state index contributed by atoms with van der Waals surface area (Å²) in [5, 5.41) is 2.94.